The van der Waals surface area contributed by atoms with Gasteiger partial charge >= 0.3 is 5.97 Å². The van der Waals surface area contributed by atoms with Gasteiger partial charge in [0.2, 0.25) is 0 Å². The van der Waals surface area contributed by atoms with E-state index < -0.39 is 5.54 Å². The highest BCUT2D eigenvalue weighted by molar-refractivity contribution is 7.15. The van der Waals surface area contributed by atoms with Gasteiger partial charge in [-0.3, -0.25) is 14.6 Å². The predicted molar refractivity (Wildman–Crippen MR) is 86.7 cm³/mol. The molecule has 1 aliphatic rings. The zero-order valence-corrected chi connectivity index (χ0v) is 14.3. The first-order chi connectivity index (χ1) is 9.43. The van der Waals surface area contributed by atoms with Crippen molar-refractivity contribution in [1.82, 2.24) is 14.8 Å². The van der Waals surface area contributed by atoms with Gasteiger partial charge in [-0.1, -0.05) is 0 Å². The molecule has 0 aliphatic carbocycles. The Hall–Kier alpha value is -0.890. The molecular formula is C13H23ClN4O2S. The van der Waals surface area contributed by atoms with Gasteiger partial charge in [0.1, 0.15) is 5.54 Å². The maximum atomic E-state index is 11.8. The van der Waals surface area contributed by atoms with Crippen molar-refractivity contribution in [2.75, 3.05) is 39.0 Å². The normalized spacial score (nSPS) is 17.3. The highest BCUT2D eigenvalue weighted by Crippen LogP contribution is 2.21. The van der Waals surface area contributed by atoms with Crippen LogP contribution < -0.4 is 5.73 Å². The molecule has 2 heterocycles. The summed E-state index contributed by atoms with van der Waals surface area (Å²) in [4.78, 5) is 21.6. The smallest absolute Gasteiger partial charge is 0.325 e. The standard InChI is InChI=1S/C13H22N4O2S.ClH/c1-13(2,11(18)19-3)17-6-4-16(5-7-17)9-10-8-15-12(14)20-10;/h8H,4-7,9H2,1-3H3,(H2,14,15);1H. The average molecular weight is 335 g/mol. The van der Waals surface area contributed by atoms with E-state index in [2.05, 4.69) is 14.8 Å². The summed E-state index contributed by atoms with van der Waals surface area (Å²) < 4.78 is 4.88. The number of methoxy groups -OCH3 is 1. The number of hydrogen-bond acceptors (Lipinski definition) is 7. The summed E-state index contributed by atoms with van der Waals surface area (Å²) in [6.07, 6.45) is 1.84. The molecule has 1 saturated heterocycles. The van der Waals surface area contributed by atoms with Crippen molar-refractivity contribution in [1.29, 1.82) is 0 Å². The summed E-state index contributed by atoms with van der Waals surface area (Å²) in [5, 5.41) is 0.616. The van der Waals surface area contributed by atoms with Crippen LogP contribution in [0.25, 0.3) is 0 Å². The molecule has 6 nitrogen and oxygen atoms in total. The first kappa shape index (κ1) is 18.2. The maximum Gasteiger partial charge on any atom is 0.325 e. The number of nitrogen functional groups attached to an aromatic ring is 1. The fourth-order valence-electron chi connectivity index (χ4n) is 2.46. The largest absolute Gasteiger partial charge is 0.468 e. The summed E-state index contributed by atoms with van der Waals surface area (Å²) >= 11 is 1.53. The Bertz CT molecular complexity index is 472. The molecule has 8 heteroatoms. The summed E-state index contributed by atoms with van der Waals surface area (Å²) in [5.74, 6) is -0.179. The summed E-state index contributed by atoms with van der Waals surface area (Å²) in [5.41, 5.74) is 5.08. The van der Waals surface area contributed by atoms with Gasteiger partial charge in [0, 0.05) is 43.8 Å². The van der Waals surface area contributed by atoms with Gasteiger partial charge in [0.15, 0.2) is 5.13 Å². The fourth-order valence-corrected chi connectivity index (χ4v) is 3.19. The van der Waals surface area contributed by atoms with Crippen molar-refractivity contribution in [3.05, 3.63) is 11.1 Å². The van der Waals surface area contributed by atoms with Crippen molar-refractivity contribution in [3.8, 4) is 0 Å². The van der Waals surface area contributed by atoms with Gasteiger partial charge < -0.3 is 10.5 Å². The molecule has 1 aliphatic heterocycles. The molecule has 0 spiro atoms. The average Bonchev–Trinajstić information content (AvgIpc) is 2.83. The zero-order valence-electron chi connectivity index (χ0n) is 12.7. The second-order valence-corrected chi connectivity index (χ2v) is 6.63. The molecule has 1 aromatic rings. The lowest BCUT2D eigenvalue weighted by atomic mass is 10.0. The van der Waals surface area contributed by atoms with E-state index in [-0.39, 0.29) is 18.4 Å². The zero-order chi connectivity index (χ0) is 14.8. The van der Waals surface area contributed by atoms with Crippen molar-refractivity contribution in [2.45, 2.75) is 25.9 Å². The van der Waals surface area contributed by atoms with Crippen LogP contribution in [0.5, 0.6) is 0 Å². The third kappa shape index (κ3) is 4.29. The minimum absolute atomic E-state index is 0. The Balaban J connectivity index is 0.00000220. The maximum absolute atomic E-state index is 11.8. The van der Waals surface area contributed by atoms with Crippen molar-refractivity contribution >= 4 is 34.8 Å². The van der Waals surface area contributed by atoms with Crippen molar-refractivity contribution in [3.63, 3.8) is 0 Å². The molecule has 0 amide bonds. The van der Waals surface area contributed by atoms with E-state index in [1.165, 1.54) is 23.3 Å². The Morgan fingerprint density at radius 3 is 2.52 bits per heavy atom. The van der Waals surface area contributed by atoms with Crippen LogP contribution in [0.2, 0.25) is 0 Å². The molecule has 0 aromatic carbocycles. The first-order valence-corrected chi connectivity index (χ1v) is 7.51. The number of thiazole rings is 1. The third-order valence-electron chi connectivity index (χ3n) is 3.80. The highest BCUT2D eigenvalue weighted by atomic mass is 35.5. The quantitative estimate of drug-likeness (QED) is 0.835. The molecule has 2 N–H and O–H groups in total. The molecule has 21 heavy (non-hydrogen) atoms. The number of carbonyl (C=O) groups excluding carboxylic acids is 1. The lowest BCUT2D eigenvalue weighted by Crippen LogP contribution is -2.57. The molecule has 0 radical (unpaired) electrons. The van der Waals surface area contributed by atoms with Gasteiger partial charge in [-0.15, -0.1) is 23.7 Å². The van der Waals surface area contributed by atoms with Crippen LogP contribution in [-0.4, -0.2) is 59.6 Å². The van der Waals surface area contributed by atoms with Gasteiger partial charge in [-0.25, -0.2) is 4.98 Å². The van der Waals surface area contributed by atoms with Gasteiger partial charge in [0.25, 0.3) is 0 Å². The molecular weight excluding hydrogens is 312 g/mol. The number of nitrogens with two attached hydrogens (primary N) is 1. The van der Waals surface area contributed by atoms with Crippen LogP contribution in [0.3, 0.4) is 0 Å². The van der Waals surface area contributed by atoms with E-state index in [9.17, 15) is 4.79 Å². The number of carbonyl (C=O) groups is 1. The lowest BCUT2D eigenvalue weighted by Gasteiger charge is -2.42. The summed E-state index contributed by atoms with van der Waals surface area (Å²) in [6.45, 7) is 8.28. The van der Waals surface area contributed by atoms with Crippen LogP contribution in [0, 0.1) is 0 Å². The van der Waals surface area contributed by atoms with Crippen LogP contribution in [-0.2, 0) is 16.1 Å². The molecule has 0 bridgehead atoms. The SMILES string of the molecule is COC(=O)C(C)(C)N1CCN(Cc2cnc(N)s2)CC1.Cl. The van der Waals surface area contributed by atoms with Crippen LogP contribution in [0.1, 0.15) is 18.7 Å². The number of halogens is 1. The van der Waals surface area contributed by atoms with Crippen molar-refractivity contribution in [2.24, 2.45) is 0 Å². The second kappa shape index (κ2) is 7.40. The highest BCUT2D eigenvalue weighted by Gasteiger charge is 2.37. The Morgan fingerprint density at radius 1 is 1.43 bits per heavy atom. The van der Waals surface area contributed by atoms with E-state index in [4.69, 9.17) is 10.5 Å². The van der Waals surface area contributed by atoms with E-state index in [0.29, 0.717) is 5.13 Å². The van der Waals surface area contributed by atoms with E-state index in [0.717, 1.165) is 32.7 Å². The van der Waals surface area contributed by atoms with Crippen LogP contribution in [0.15, 0.2) is 6.20 Å². The monoisotopic (exact) mass is 334 g/mol. The number of anilines is 1. The molecule has 120 valence electrons. The Labute approximate surface area is 135 Å². The van der Waals surface area contributed by atoms with Gasteiger partial charge in [-0.2, -0.15) is 0 Å². The Morgan fingerprint density at radius 2 is 2.05 bits per heavy atom. The molecule has 0 saturated carbocycles. The first-order valence-electron chi connectivity index (χ1n) is 6.69. The summed E-state index contributed by atoms with van der Waals surface area (Å²) in [7, 11) is 1.44. The second-order valence-electron chi connectivity index (χ2n) is 5.48. The molecule has 1 aromatic heterocycles. The number of rotatable bonds is 4. The lowest BCUT2D eigenvalue weighted by molar-refractivity contribution is -0.154. The van der Waals surface area contributed by atoms with E-state index in [1.807, 2.05) is 20.0 Å². The predicted octanol–water partition coefficient (Wildman–Crippen LogP) is 1.22. The molecule has 2 rings (SSSR count). The molecule has 0 unspecified atom stereocenters. The minimum Gasteiger partial charge on any atom is -0.468 e. The van der Waals surface area contributed by atoms with E-state index in [1.54, 1.807) is 0 Å². The Kier molecular flexibility index (Phi) is 6.40. The molecule has 1 fully saturated rings. The van der Waals surface area contributed by atoms with Crippen LogP contribution in [0.4, 0.5) is 5.13 Å². The topological polar surface area (TPSA) is 71.7 Å². The third-order valence-corrected chi connectivity index (χ3v) is 4.61. The van der Waals surface area contributed by atoms with Crippen molar-refractivity contribution < 1.29 is 9.53 Å². The fraction of sp³-hybridized carbons (Fsp3) is 0.692. The summed E-state index contributed by atoms with van der Waals surface area (Å²) in [6, 6.07) is 0. The van der Waals surface area contributed by atoms with E-state index >= 15 is 0 Å². The van der Waals surface area contributed by atoms with Gasteiger partial charge in [0.05, 0.1) is 7.11 Å². The number of aromatic nitrogens is 1. The molecule has 0 atom stereocenters. The number of piperazine rings is 1. The van der Waals surface area contributed by atoms with Crippen LogP contribution >= 0.6 is 23.7 Å². The number of esters is 1. The van der Waals surface area contributed by atoms with Gasteiger partial charge in [-0.05, 0) is 13.8 Å². The number of ether oxygens (including phenoxy) is 1. The number of hydrogen-bond donors (Lipinski definition) is 1. The minimum atomic E-state index is -0.560. The number of nitrogens with zero attached hydrogens (tertiary/aromatic N) is 3.